The van der Waals surface area contributed by atoms with Gasteiger partial charge in [0.25, 0.3) is 0 Å². The standard InChI is InChI=1S/C22H36N4O3S/c1-25(2)21-13-12-19(30(28,29)26-14-8-5-9-15-26)16-20(21)23-17-22(27)24-18-10-6-3-4-7-11-18/h12-13,16,18,23H,3-11,14-15,17H2,1-2H3,(H,24,27). The zero-order valence-corrected chi connectivity index (χ0v) is 19.1. The Morgan fingerprint density at radius 2 is 1.67 bits per heavy atom. The van der Waals surface area contributed by atoms with Gasteiger partial charge in [-0.05, 0) is 43.9 Å². The van der Waals surface area contributed by atoms with Crippen LogP contribution >= 0.6 is 0 Å². The van der Waals surface area contributed by atoms with Crippen LogP contribution < -0.4 is 15.5 Å². The number of piperidine rings is 1. The molecule has 1 aromatic rings. The molecule has 1 aromatic carbocycles. The molecule has 1 amide bonds. The highest BCUT2D eigenvalue weighted by Crippen LogP contribution is 2.30. The first-order valence-electron chi connectivity index (χ1n) is 11.2. The summed E-state index contributed by atoms with van der Waals surface area (Å²) in [5, 5.41) is 6.31. The van der Waals surface area contributed by atoms with Crippen molar-refractivity contribution in [3.8, 4) is 0 Å². The Morgan fingerprint density at radius 1 is 1.03 bits per heavy atom. The lowest BCUT2D eigenvalue weighted by Gasteiger charge is -2.27. The average Bonchev–Trinajstić information content (AvgIpc) is 3.01. The molecule has 0 aromatic heterocycles. The lowest BCUT2D eigenvalue weighted by molar-refractivity contribution is -0.120. The van der Waals surface area contributed by atoms with Crippen molar-refractivity contribution in [3.63, 3.8) is 0 Å². The second-order valence-corrected chi connectivity index (χ2v) is 10.6. The summed E-state index contributed by atoms with van der Waals surface area (Å²) in [6.45, 7) is 1.28. The Kier molecular flexibility index (Phi) is 7.99. The van der Waals surface area contributed by atoms with Gasteiger partial charge in [0.05, 0.1) is 22.8 Å². The summed E-state index contributed by atoms with van der Waals surface area (Å²) in [6.07, 6.45) is 9.79. The number of sulfonamides is 1. The highest BCUT2D eigenvalue weighted by atomic mass is 32.2. The Hall–Kier alpha value is -1.80. The van der Waals surface area contributed by atoms with Crippen molar-refractivity contribution in [3.05, 3.63) is 18.2 Å². The fourth-order valence-corrected chi connectivity index (χ4v) is 5.88. The number of rotatable bonds is 7. The predicted octanol–water partition coefficient (Wildman–Crippen LogP) is 3.18. The molecule has 7 nitrogen and oxygen atoms in total. The topological polar surface area (TPSA) is 81.8 Å². The van der Waals surface area contributed by atoms with E-state index in [1.165, 1.54) is 25.7 Å². The van der Waals surface area contributed by atoms with Gasteiger partial charge in [0.2, 0.25) is 15.9 Å². The monoisotopic (exact) mass is 436 g/mol. The minimum absolute atomic E-state index is 0.0455. The number of hydrogen-bond donors (Lipinski definition) is 2. The maximum atomic E-state index is 13.1. The Labute approximate surface area is 181 Å². The molecule has 0 bridgehead atoms. The van der Waals surface area contributed by atoms with Crippen molar-refractivity contribution in [2.45, 2.75) is 68.7 Å². The van der Waals surface area contributed by atoms with Crippen LogP contribution in [-0.4, -0.2) is 58.4 Å². The van der Waals surface area contributed by atoms with E-state index in [1.54, 1.807) is 16.4 Å². The van der Waals surface area contributed by atoms with Gasteiger partial charge in [0.1, 0.15) is 0 Å². The molecule has 2 aliphatic rings. The summed E-state index contributed by atoms with van der Waals surface area (Å²) in [6, 6.07) is 5.39. The van der Waals surface area contributed by atoms with Crippen molar-refractivity contribution >= 4 is 27.3 Å². The third-order valence-corrected chi connectivity index (χ3v) is 7.96. The number of benzene rings is 1. The smallest absolute Gasteiger partial charge is 0.243 e. The summed E-state index contributed by atoms with van der Waals surface area (Å²) in [4.78, 5) is 14.7. The minimum atomic E-state index is -3.52. The third kappa shape index (κ3) is 5.88. The fraction of sp³-hybridized carbons (Fsp3) is 0.682. The van der Waals surface area contributed by atoms with Crippen LogP contribution in [0.15, 0.2) is 23.1 Å². The molecular formula is C22H36N4O3S. The van der Waals surface area contributed by atoms with Gasteiger partial charge >= 0.3 is 0 Å². The van der Waals surface area contributed by atoms with Crippen LogP contribution in [0.25, 0.3) is 0 Å². The summed E-state index contributed by atoms with van der Waals surface area (Å²) < 4.78 is 27.7. The van der Waals surface area contributed by atoms with Crippen LogP contribution in [0.4, 0.5) is 11.4 Å². The largest absolute Gasteiger partial charge is 0.376 e. The summed E-state index contributed by atoms with van der Waals surface area (Å²) in [7, 11) is 0.297. The van der Waals surface area contributed by atoms with E-state index < -0.39 is 10.0 Å². The summed E-state index contributed by atoms with van der Waals surface area (Å²) in [5.41, 5.74) is 1.52. The molecule has 0 atom stereocenters. The zero-order chi connectivity index (χ0) is 21.6. The lowest BCUT2D eigenvalue weighted by atomic mass is 10.1. The van der Waals surface area contributed by atoms with Crippen LogP contribution in [0.2, 0.25) is 0 Å². The summed E-state index contributed by atoms with van der Waals surface area (Å²) in [5.74, 6) is -0.0455. The predicted molar refractivity (Wildman–Crippen MR) is 122 cm³/mol. The van der Waals surface area contributed by atoms with E-state index >= 15 is 0 Å². The number of hydrogen-bond acceptors (Lipinski definition) is 5. The highest BCUT2D eigenvalue weighted by molar-refractivity contribution is 7.89. The summed E-state index contributed by atoms with van der Waals surface area (Å²) >= 11 is 0. The van der Waals surface area contributed by atoms with Crippen LogP contribution in [0.5, 0.6) is 0 Å². The Morgan fingerprint density at radius 3 is 2.30 bits per heavy atom. The first-order valence-corrected chi connectivity index (χ1v) is 12.7. The van der Waals surface area contributed by atoms with Gasteiger partial charge in [-0.2, -0.15) is 4.31 Å². The van der Waals surface area contributed by atoms with E-state index in [0.717, 1.165) is 37.8 Å². The molecule has 168 valence electrons. The van der Waals surface area contributed by atoms with Crippen molar-refractivity contribution in [2.75, 3.05) is 43.9 Å². The van der Waals surface area contributed by atoms with Crippen molar-refractivity contribution < 1.29 is 13.2 Å². The number of anilines is 2. The molecule has 1 saturated carbocycles. The van der Waals surface area contributed by atoms with Crippen LogP contribution in [-0.2, 0) is 14.8 Å². The average molecular weight is 437 g/mol. The normalized spacial score (nSPS) is 19.1. The SMILES string of the molecule is CN(C)c1ccc(S(=O)(=O)N2CCCCC2)cc1NCC(=O)NC1CCCCCC1. The molecule has 8 heteroatoms. The molecule has 0 radical (unpaired) electrons. The number of amides is 1. The molecule has 2 fully saturated rings. The molecule has 1 aliphatic carbocycles. The number of nitrogens with zero attached hydrogens (tertiary/aromatic N) is 2. The highest BCUT2D eigenvalue weighted by Gasteiger charge is 2.27. The molecular weight excluding hydrogens is 400 g/mol. The van der Waals surface area contributed by atoms with E-state index in [1.807, 2.05) is 25.1 Å². The van der Waals surface area contributed by atoms with Gasteiger partial charge in [-0.15, -0.1) is 0 Å². The Balaban J connectivity index is 1.70. The van der Waals surface area contributed by atoms with Gasteiger partial charge in [-0.1, -0.05) is 32.1 Å². The first kappa shape index (κ1) is 22.9. The van der Waals surface area contributed by atoms with E-state index in [4.69, 9.17) is 0 Å². The molecule has 0 unspecified atom stereocenters. The van der Waals surface area contributed by atoms with E-state index in [2.05, 4.69) is 10.6 Å². The van der Waals surface area contributed by atoms with Crippen molar-refractivity contribution in [1.82, 2.24) is 9.62 Å². The van der Waals surface area contributed by atoms with Gasteiger partial charge < -0.3 is 15.5 Å². The molecule has 30 heavy (non-hydrogen) atoms. The molecule has 3 rings (SSSR count). The second-order valence-electron chi connectivity index (χ2n) is 8.65. The quantitative estimate of drug-likeness (QED) is 0.642. The zero-order valence-electron chi connectivity index (χ0n) is 18.3. The first-order chi connectivity index (χ1) is 14.4. The van der Waals surface area contributed by atoms with E-state index in [-0.39, 0.29) is 23.4 Å². The third-order valence-electron chi connectivity index (χ3n) is 6.06. The second kappa shape index (κ2) is 10.5. The molecule has 1 heterocycles. The van der Waals surface area contributed by atoms with Gasteiger partial charge in [0, 0.05) is 33.2 Å². The van der Waals surface area contributed by atoms with Gasteiger partial charge in [-0.3, -0.25) is 4.79 Å². The van der Waals surface area contributed by atoms with Crippen LogP contribution in [0.1, 0.15) is 57.8 Å². The molecule has 1 aliphatic heterocycles. The van der Waals surface area contributed by atoms with Gasteiger partial charge in [-0.25, -0.2) is 8.42 Å². The van der Waals surface area contributed by atoms with E-state index in [9.17, 15) is 13.2 Å². The number of carbonyl (C=O) groups excluding carboxylic acids is 1. The minimum Gasteiger partial charge on any atom is -0.376 e. The number of carbonyl (C=O) groups is 1. The maximum absolute atomic E-state index is 13.1. The molecule has 2 N–H and O–H groups in total. The van der Waals surface area contributed by atoms with Crippen LogP contribution in [0.3, 0.4) is 0 Å². The molecule has 1 saturated heterocycles. The number of nitrogens with one attached hydrogen (secondary N) is 2. The van der Waals surface area contributed by atoms with Crippen molar-refractivity contribution in [2.24, 2.45) is 0 Å². The fourth-order valence-electron chi connectivity index (χ4n) is 4.34. The van der Waals surface area contributed by atoms with Crippen molar-refractivity contribution in [1.29, 1.82) is 0 Å². The maximum Gasteiger partial charge on any atom is 0.243 e. The Bertz CT molecular complexity index is 812. The lowest BCUT2D eigenvalue weighted by Crippen LogP contribution is -2.38. The van der Waals surface area contributed by atoms with E-state index in [0.29, 0.717) is 18.8 Å². The van der Waals surface area contributed by atoms with Gasteiger partial charge in [0.15, 0.2) is 0 Å². The molecule has 0 spiro atoms. The van der Waals surface area contributed by atoms with Crippen LogP contribution in [0, 0.1) is 0 Å².